The molecule has 0 saturated heterocycles. The second-order valence-electron chi connectivity index (χ2n) is 3.67. The van der Waals surface area contributed by atoms with Crippen molar-refractivity contribution in [2.75, 3.05) is 0 Å². The van der Waals surface area contributed by atoms with Gasteiger partial charge < -0.3 is 5.73 Å². The second kappa shape index (κ2) is 3.67. The molecule has 0 aromatic heterocycles. The molecule has 0 radical (unpaired) electrons. The van der Waals surface area contributed by atoms with Crippen LogP contribution in [0.15, 0.2) is 18.2 Å². The van der Waals surface area contributed by atoms with Gasteiger partial charge in [0, 0.05) is 5.56 Å². The molecule has 0 unspecified atom stereocenters. The quantitative estimate of drug-likeness (QED) is 0.770. The summed E-state index contributed by atoms with van der Waals surface area (Å²) in [7, 11) is 0. The normalized spacial score (nSPS) is 11.5. The SMILES string of the molecule is CC(C)(N)C(=O)c1cc(F)ccc1Cl. The summed E-state index contributed by atoms with van der Waals surface area (Å²) in [6.07, 6.45) is 0. The number of halogens is 2. The van der Waals surface area contributed by atoms with Crippen LogP contribution < -0.4 is 5.73 Å². The molecule has 0 aliphatic rings. The van der Waals surface area contributed by atoms with E-state index >= 15 is 0 Å². The van der Waals surface area contributed by atoms with Gasteiger partial charge in [-0.25, -0.2) is 4.39 Å². The van der Waals surface area contributed by atoms with Gasteiger partial charge in [-0.05, 0) is 32.0 Å². The Kier molecular flexibility index (Phi) is 2.92. The lowest BCUT2D eigenvalue weighted by Gasteiger charge is -2.17. The number of Topliss-reactive ketones (excluding diaryl/α,β-unsaturated/α-hetero) is 1. The van der Waals surface area contributed by atoms with Crippen LogP contribution in [0.2, 0.25) is 5.02 Å². The van der Waals surface area contributed by atoms with Crippen molar-refractivity contribution in [3.63, 3.8) is 0 Å². The molecule has 14 heavy (non-hydrogen) atoms. The molecule has 0 amide bonds. The number of benzene rings is 1. The van der Waals surface area contributed by atoms with Crippen molar-refractivity contribution in [2.45, 2.75) is 19.4 Å². The van der Waals surface area contributed by atoms with Crippen LogP contribution in [0.1, 0.15) is 24.2 Å². The molecule has 0 aliphatic heterocycles. The van der Waals surface area contributed by atoms with Gasteiger partial charge in [0.2, 0.25) is 0 Å². The van der Waals surface area contributed by atoms with Crippen LogP contribution in [-0.4, -0.2) is 11.3 Å². The number of hydrogen-bond donors (Lipinski definition) is 1. The van der Waals surface area contributed by atoms with Gasteiger partial charge in [0.25, 0.3) is 0 Å². The highest BCUT2D eigenvalue weighted by atomic mass is 35.5. The van der Waals surface area contributed by atoms with Crippen LogP contribution in [-0.2, 0) is 0 Å². The Morgan fingerprint density at radius 3 is 2.57 bits per heavy atom. The third-order valence-corrected chi connectivity index (χ3v) is 2.09. The Hall–Kier alpha value is -0.930. The molecule has 0 saturated carbocycles. The highest BCUT2D eigenvalue weighted by Crippen LogP contribution is 2.21. The zero-order chi connectivity index (χ0) is 10.9. The van der Waals surface area contributed by atoms with Crippen molar-refractivity contribution in [2.24, 2.45) is 5.73 Å². The average molecular weight is 216 g/mol. The van der Waals surface area contributed by atoms with Crippen molar-refractivity contribution in [1.29, 1.82) is 0 Å². The summed E-state index contributed by atoms with van der Waals surface area (Å²) >= 11 is 5.75. The fourth-order valence-electron chi connectivity index (χ4n) is 1.02. The molecular formula is C10H11ClFNO. The van der Waals surface area contributed by atoms with E-state index in [1.54, 1.807) is 13.8 Å². The number of rotatable bonds is 2. The van der Waals surface area contributed by atoms with Crippen molar-refractivity contribution < 1.29 is 9.18 Å². The molecule has 1 rings (SSSR count). The van der Waals surface area contributed by atoms with Gasteiger partial charge in [-0.3, -0.25) is 4.79 Å². The van der Waals surface area contributed by atoms with Gasteiger partial charge in [0.15, 0.2) is 5.78 Å². The summed E-state index contributed by atoms with van der Waals surface area (Å²) in [5.74, 6) is -0.871. The first-order valence-electron chi connectivity index (χ1n) is 4.11. The van der Waals surface area contributed by atoms with Gasteiger partial charge in [-0.2, -0.15) is 0 Å². The lowest BCUT2D eigenvalue weighted by Crippen LogP contribution is -2.41. The molecule has 2 N–H and O–H groups in total. The fraction of sp³-hybridized carbons (Fsp3) is 0.300. The lowest BCUT2D eigenvalue weighted by atomic mass is 9.94. The summed E-state index contributed by atoms with van der Waals surface area (Å²) in [4.78, 5) is 11.7. The minimum atomic E-state index is -1.04. The van der Waals surface area contributed by atoms with Crippen molar-refractivity contribution in [1.82, 2.24) is 0 Å². The minimum absolute atomic E-state index is 0.124. The van der Waals surface area contributed by atoms with E-state index in [4.69, 9.17) is 17.3 Å². The molecular weight excluding hydrogens is 205 g/mol. The van der Waals surface area contributed by atoms with Crippen LogP contribution in [0.5, 0.6) is 0 Å². The number of carbonyl (C=O) groups is 1. The molecule has 4 heteroatoms. The lowest BCUT2D eigenvalue weighted by molar-refractivity contribution is 0.0913. The monoisotopic (exact) mass is 215 g/mol. The highest BCUT2D eigenvalue weighted by Gasteiger charge is 2.25. The first kappa shape index (κ1) is 11.1. The fourth-order valence-corrected chi connectivity index (χ4v) is 1.22. The van der Waals surface area contributed by atoms with E-state index in [0.29, 0.717) is 0 Å². The van der Waals surface area contributed by atoms with Crippen LogP contribution in [0.3, 0.4) is 0 Å². The van der Waals surface area contributed by atoms with E-state index in [-0.39, 0.29) is 16.4 Å². The van der Waals surface area contributed by atoms with E-state index in [1.807, 2.05) is 0 Å². The Morgan fingerprint density at radius 2 is 2.07 bits per heavy atom. The number of nitrogens with two attached hydrogens (primary N) is 1. The maximum atomic E-state index is 12.8. The summed E-state index contributed by atoms with van der Waals surface area (Å²) in [5.41, 5.74) is 4.68. The van der Waals surface area contributed by atoms with Gasteiger partial charge in [0.1, 0.15) is 5.82 Å². The third-order valence-electron chi connectivity index (χ3n) is 1.76. The molecule has 0 heterocycles. The van der Waals surface area contributed by atoms with Gasteiger partial charge in [0.05, 0.1) is 10.6 Å². The molecule has 2 nitrogen and oxygen atoms in total. The molecule has 0 atom stereocenters. The zero-order valence-electron chi connectivity index (χ0n) is 7.97. The Balaban J connectivity index is 3.19. The van der Waals surface area contributed by atoms with Gasteiger partial charge in [-0.15, -0.1) is 0 Å². The largest absolute Gasteiger partial charge is 0.319 e. The number of carbonyl (C=O) groups excluding carboxylic acids is 1. The predicted molar refractivity (Wildman–Crippen MR) is 54.0 cm³/mol. The molecule has 1 aromatic carbocycles. The zero-order valence-corrected chi connectivity index (χ0v) is 8.73. The van der Waals surface area contributed by atoms with Crippen molar-refractivity contribution >= 4 is 17.4 Å². The van der Waals surface area contributed by atoms with Crippen molar-refractivity contribution in [3.05, 3.63) is 34.6 Å². The summed E-state index contributed by atoms with van der Waals surface area (Å²) < 4.78 is 12.8. The standard InChI is InChI=1S/C10H11ClFNO/c1-10(2,13)9(14)7-5-6(12)3-4-8(7)11/h3-5H,13H2,1-2H3. The highest BCUT2D eigenvalue weighted by molar-refractivity contribution is 6.34. The smallest absolute Gasteiger partial charge is 0.183 e. The molecule has 0 aliphatic carbocycles. The maximum Gasteiger partial charge on any atom is 0.183 e. The average Bonchev–Trinajstić information content (AvgIpc) is 2.06. The van der Waals surface area contributed by atoms with E-state index in [0.717, 1.165) is 6.07 Å². The molecule has 76 valence electrons. The first-order chi connectivity index (χ1) is 6.32. The Morgan fingerprint density at radius 1 is 1.50 bits per heavy atom. The first-order valence-corrected chi connectivity index (χ1v) is 4.49. The molecule has 0 bridgehead atoms. The van der Waals surface area contributed by atoms with E-state index < -0.39 is 11.4 Å². The Bertz CT molecular complexity index is 371. The van der Waals surface area contributed by atoms with E-state index in [2.05, 4.69) is 0 Å². The number of ketones is 1. The van der Waals surface area contributed by atoms with E-state index in [1.165, 1.54) is 12.1 Å². The molecule has 1 aromatic rings. The van der Waals surface area contributed by atoms with Gasteiger partial charge >= 0.3 is 0 Å². The predicted octanol–water partition coefficient (Wildman–Crippen LogP) is 2.40. The van der Waals surface area contributed by atoms with E-state index in [9.17, 15) is 9.18 Å². The summed E-state index contributed by atoms with van der Waals surface area (Å²) in [5, 5.41) is 0.218. The van der Waals surface area contributed by atoms with Crippen molar-refractivity contribution in [3.8, 4) is 0 Å². The summed E-state index contributed by atoms with van der Waals surface area (Å²) in [6, 6.07) is 3.64. The van der Waals surface area contributed by atoms with Gasteiger partial charge in [-0.1, -0.05) is 11.6 Å². The molecule has 0 fully saturated rings. The second-order valence-corrected chi connectivity index (χ2v) is 4.08. The molecule has 0 spiro atoms. The summed E-state index contributed by atoms with van der Waals surface area (Å²) in [6.45, 7) is 3.10. The topological polar surface area (TPSA) is 43.1 Å². The van der Waals surface area contributed by atoms with Crippen LogP contribution in [0.25, 0.3) is 0 Å². The maximum absolute atomic E-state index is 12.8. The van der Waals surface area contributed by atoms with Crippen LogP contribution in [0.4, 0.5) is 4.39 Å². The van der Waals surface area contributed by atoms with Crippen LogP contribution >= 0.6 is 11.6 Å². The Labute approximate surface area is 86.9 Å². The third kappa shape index (κ3) is 2.30. The minimum Gasteiger partial charge on any atom is -0.319 e. The number of hydrogen-bond acceptors (Lipinski definition) is 2. The van der Waals surface area contributed by atoms with Crippen LogP contribution in [0, 0.1) is 5.82 Å².